The van der Waals surface area contributed by atoms with Gasteiger partial charge in [-0.3, -0.25) is 4.79 Å². The van der Waals surface area contributed by atoms with Crippen molar-refractivity contribution in [3.63, 3.8) is 0 Å². The van der Waals surface area contributed by atoms with Gasteiger partial charge in [-0.15, -0.1) is 0 Å². The van der Waals surface area contributed by atoms with E-state index in [-0.39, 0.29) is 11.8 Å². The van der Waals surface area contributed by atoms with Gasteiger partial charge in [0.25, 0.3) is 5.91 Å². The lowest BCUT2D eigenvalue weighted by atomic mass is 10.2. The first-order valence-electron chi connectivity index (χ1n) is 5.92. The van der Waals surface area contributed by atoms with Gasteiger partial charge in [-0.05, 0) is 47.7 Å². The van der Waals surface area contributed by atoms with Crippen molar-refractivity contribution in [2.45, 2.75) is 32.4 Å². The number of rotatable bonds is 5. The van der Waals surface area contributed by atoms with Gasteiger partial charge in [0.15, 0.2) is 0 Å². The molecular formula is C12H15BrN2O3. The first-order chi connectivity index (χ1) is 8.52. The van der Waals surface area contributed by atoms with E-state index in [0.29, 0.717) is 12.2 Å². The van der Waals surface area contributed by atoms with Crippen molar-refractivity contribution in [3.8, 4) is 0 Å². The fraction of sp³-hybridized carbons (Fsp3) is 0.500. The molecule has 1 amide bonds. The second kappa shape index (κ2) is 5.14. The van der Waals surface area contributed by atoms with E-state index in [1.165, 1.54) is 0 Å². The van der Waals surface area contributed by atoms with E-state index in [9.17, 15) is 9.59 Å². The standard InChI is InChI=1S/C12H15BrN2O3/c1-2-15-6-8(13)5-9(15)11(16)14-10(12(17)18)7-3-4-7/h5-7,10H,2-4H2,1H3,(H,14,16)(H,17,18). The van der Waals surface area contributed by atoms with Crippen molar-refractivity contribution in [3.05, 3.63) is 22.4 Å². The van der Waals surface area contributed by atoms with Crippen molar-refractivity contribution in [2.75, 3.05) is 0 Å². The number of aryl methyl sites for hydroxylation is 1. The van der Waals surface area contributed by atoms with Gasteiger partial charge in [-0.2, -0.15) is 0 Å². The molecule has 0 radical (unpaired) electrons. The molecule has 18 heavy (non-hydrogen) atoms. The monoisotopic (exact) mass is 314 g/mol. The van der Waals surface area contributed by atoms with Crippen LogP contribution in [0.25, 0.3) is 0 Å². The molecular weight excluding hydrogens is 300 g/mol. The lowest BCUT2D eigenvalue weighted by Crippen LogP contribution is -2.42. The summed E-state index contributed by atoms with van der Waals surface area (Å²) in [6.45, 7) is 2.59. The van der Waals surface area contributed by atoms with E-state index >= 15 is 0 Å². The van der Waals surface area contributed by atoms with Crippen LogP contribution < -0.4 is 5.32 Å². The number of carboxylic acid groups (broad SMARTS) is 1. The van der Waals surface area contributed by atoms with Gasteiger partial charge in [0.2, 0.25) is 0 Å². The summed E-state index contributed by atoms with van der Waals surface area (Å²) in [7, 11) is 0. The normalized spacial score (nSPS) is 16.3. The van der Waals surface area contributed by atoms with Gasteiger partial charge in [0, 0.05) is 17.2 Å². The van der Waals surface area contributed by atoms with Crippen molar-refractivity contribution in [2.24, 2.45) is 5.92 Å². The van der Waals surface area contributed by atoms with Crippen LogP contribution in [0.4, 0.5) is 0 Å². The van der Waals surface area contributed by atoms with Gasteiger partial charge in [0.05, 0.1) is 0 Å². The third-order valence-electron chi connectivity index (χ3n) is 3.08. The first-order valence-corrected chi connectivity index (χ1v) is 6.71. The Morgan fingerprint density at radius 1 is 1.61 bits per heavy atom. The number of nitrogens with zero attached hydrogens (tertiary/aromatic N) is 1. The summed E-state index contributed by atoms with van der Waals surface area (Å²) < 4.78 is 2.60. The van der Waals surface area contributed by atoms with Gasteiger partial charge in [-0.25, -0.2) is 4.79 Å². The second-order valence-electron chi connectivity index (χ2n) is 4.46. The minimum absolute atomic E-state index is 0.0833. The molecule has 1 fully saturated rings. The number of carbonyl (C=O) groups excluding carboxylic acids is 1. The molecule has 1 aliphatic carbocycles. The Hall–Kier alpha value is -1.30. The van der Waals surface area contributed by atoms with Gasteiger partial charge >= 0.3 is 5.97 Å². The number of hydrogen-bond donors (Lipinski definition) is 2. The van der Waals surface area contributed by atoms with Crippen molar-refractivity contribution in [1.82, 2.24) is 9.88 Å². The molecule has 2 rings (SSSR count). The zero-order chi connectivity index (χ0) is 13.3. The number of carbonyl (C=O) groups is 2. The average molecular weight is 315 g/mol. The van der Waals surface area contributed by atoms with Gasteiger partial charge < -0.3 is 15.0 Å². The largest absolute Gasteiger partial charge is 0.480 e. The van der Waals surface area contributed by atoms with Crippen LogP contribution in [-0.2, 0) is 11.3 Å². The highest BCUT2D eigenvalue weighted by Crippen LogP contribution is 2.33. The molecule has 5 nitrogen and oxygen atoms in total. The summed E-state index contributed by atoms with van der Waals surface area (Å²) in [4.78, 5) is 23.1. The fourth-order valence-corrected chi connectivity index (χ4v) is 2.42. The molecule has 1 atom stereocenters. The molecule has 1 saturated carbocycles. The number of hydrogen-bond acceptors (Lipinski definition) is 2. The number of amides is 1. The van der Waals surface area contributed by atoms with Crippen LogP contribution in [-0.4, -0.2) is 27.6 Å². The zero-order valence-corrected chi connectivity index (χ0v) is 11.6. The molecule has 2 N–H and O–H groups in total. The van der Waals surface area contributed by atoms with E-state index in [4.69, 9.17) is 5.11 Å². The Morgan fingerprint density at radius 3 is 2.78 bits per heavy atom. The predicted octanol–water partition coefficient (Wildman–Crippen LogP) is 1.86. The highest BCUT2D eigenvalue weighted by Gasteiger charge is 2.37. The number of aliphatic carboxylic acids is 1. The molecule has 0 aliphatic heterocycles. The van der Waals surface area contributed by atoms with Gasteiger partial charge in [-0.1, -0.05) is 0 Å². The molecule has 0 aromatic carbocycles. The third kappa shape index (κ3) is 2.75. The molecule has 1 aromatic rings. The Morgan fingerprint density at radius 2 is 2.28 bits per heavy atom. The maximum atomic E-state index is 12.1. The molecule has 0 saturated heterocycles. The van der Waals surface area contributed by atoms with Crippen LogP contribution in [0.5, 0.6) is 0 Å². The number of aromatic nitrogens is 1. The number of nitrogens with one attached hydrogen (secondary N) is 1. The van der Waals surface area contributed by atoms with Crippen LogP contribution in [0.1, 0.15) is 30.3 Å². The SMILES string of the molecule is CCn1cc(Br)cc1C(=O)NC(C(=O)O)C1CC1. The predicted molar refractivity (Wildman–Crippen MR) is 69.4 cm³/mol. The maximum Gasteiger partial charge on any atom is 0.326 e. The molecule has 98 valence electrons. The summed E-state index contributed by atoms with van der Waals surface area (Å²) in [5.41, 5.74) is 0.483. The third-order valence-corrected chi connectivity index (χ3v) is 3.52. The highest BCUT2D eigenvalue weighted by atomic mass is 79.9. The molecule has 6 heteroatoms. The van der Waals surface area contributed by atoms with E-state index in [2.05, 4.69) is 21.2 Å². The van der Waals surface area contributed by atoms with E-state index in [1.54, 1.807) is 10.6 Å². The minimum Gasteiger partial charge on any atom is -0.480 e. The Balaban J connectivity index is 2.12. The van der Waals surface area contributed by atoms with Crippen LogP contribution >= 0.6 is 15.9 Å². The van der Waals surface area contributed by atoms with Crippen LogP contribution in [0.15, 0.2) is 16.7 Å². The molecule has 1 unspecified atom stereocenters. The van der Waals surface area contributed by atoms with Crippen LogP contribution in [0.2, 0.25) is 0 Å². The molecule has 0 bridgehead atoms. The smallest absolute Gasteiger partial charge is 0.326 e. The summed E-state index contributed by atoms with van der Waals surface area (Å²) in [5.74, 6) is -1.21. The summed E-state index contributed by atoms with van der Waals surface area (Å²) in [6, 6.07) is 0.932. The quantitative estimate of drug-likeness (QED) is 0.871. The Bertz CT molecular complexity index is 480. The topological polar surface area (TPSA) is 71.3 Å². The Kier molecular flexibility index (Phi) is 3.75. The Labute approximate surface area is 113 Å². The minimum atomic E-state index is -0.959. The lowest BCUT2D eigenvalue weighted by Gasteiger charge is -2.14. The van der Waals surface area contributed by atoms with E-state index in [1.807, 2.05) is 13.1 Å². The molecule has 1 heterocycles. The summed E-state index contributed by atoms with van der Waals surface area (Å²) in [6.07, 6.45) is 3.55. The van der Waals surface area contributed by atoms with Gasteiger partial charge in [0.1, 0.15) is 11.7 Å². The van der Waals surface area contributed by atoms with Crippen molar-refractivity contribution < 1.29 is 14.7 Å². The van der Waals surface area contributed by atoms with Crippen LogP contribution in [0.3, 0.4) is 0 Å². The average Bonchev–Trinajstić information content (AvgIpc) is 3.07. The molecule has 0 spiro atoms. The highest BCUT2D eigenvalue weighted by molar-refractivity contribution is 9.10. The summed E-state index contributed by atoms with van der Waals surface area (Å²) >= 11 is 3.31. The number of halogens is 1. The van der Waals surface area contributed by atoms with E-state index in [0.717, 1.165) is 17.3 Å². The van der Waals surface area contributed by atoms with E-state index < -0.39 is 12.0 Å². The number of carboxylic acids is 1. The van der Waals surface area contributed by atoms with Crippen molar-refractivity contribution in [1.29, 1.82) is 0 Å². The fourth-order valence-electron chi connectivity index (χ4n) is 1.95. The molecule has 1 aliphatic rings. The lowest BCUT2D eigenvalue weighted by molar-refractivity contribution is -0.139. The zero-order valence-electron chi connectivity index (χ0n) is 10.0. The second-order valence-corrected chi connectivity index (χ2v) is 5.37. The summed E-state index contributed by atoms with van der Waals surface area (Å²) in [5, 5.41) is 11.7. The van der Waals surface area contributed by atoms with Crippen LogP contribution in [0, 0.1) is 5.92 Å². The van der Waals surface area contributed by atoms with Crippen molar-refractivity contribution >= 4 is 27.8 Å². The first kappa shape index (κ1) is 13.1. The maximum absolute atomic E-state index is 12.1. The molecule has 1 aromatic heterocycles.